The molecule has 2 rings (SSSR count). The van der Waals surface area contributed by atoms with E-state index in [0.717, 1.165) is 12.2 Å². The summed E-state index contributed by atoms with van der Waals surface area (Å²) in [4.78, 5) is 8.11. The van der Waals surface area contributed by atoms with Gasteiger partial charge in [-0.2, -0.15) is 0 Å². The zero-order chi connectivity index (χ0) is 13.7. The van der Waals surface area contributed by atoms with Crippen molar-refractivity contribution in [1.29, 1.82) is 0 Å². The molecule has 0 aliphatic rings. The van der Waals surface area contributed by atoms with Crippen LogP contribution in [-0.4, -0.2) is 16.5 Å². The van der Waals surface area contributed by atoms with Crippen molar-refractivity contribution in [2.24, 2.45) is 0 Å². The highest BCUT2D eigenvalue weighted by molar-refractivity contribution is 6.31. The summed E-state index contributed by atoms with van der Waals surface area (Å²) in [6, 6.07) is 6.46. The average Bonchev–Trinajstić information content (AvgIpc) is 2.43. The third-order valence-corrected chi connectivity index (χ3v) is 3.24. The minimum atomic E-state index is -0.288. The van der Waals surface area contributed by atoms with Crippen molar-refractivity contribution in [3.05, 3.63) is 58.9 Å². The first kappa shape index (κ1) is 13.9. The number of halogens is 2. The number of aromatic nitrogens is 2. The number of likely N-dealkylation sites (N-methyl/N-ethyl adjacent to an activating group) is 1. The van der Waals surface area contributed by atoms with Gasteiger partial charge in [0.2, 0.25) is 0 Å². The molecule has 0 bridgehead atoms. The molecule has 1 aromatic carbocycles. The molecule has 19 heavy (non-hydrogen) atoms. The molecule has 1 heterocycles. The topological polar surface area (TPSA) is 37.8 Å². The maximum atomic E-state index is 13.8. The summed E-state index contributed by atoms with van der Waals surface area (Å²) >= 11 is 6.06. The van der Waals surface area contributed by atoms with E-state index in [1.54, 1.807) is 18.3 Å². The molecule has 0 radical (unpaired) electrons. The first-order valence-corrected chi connectivity index (χ1v) is 6.52. The Labute approximate surface area is 116 Å². The Morgan fingerprint density at radius 3 is 2.84 bits per heavy atom. The third kappa shape index (κ3) is 3.49. The lowest BCUT2D eigenvalue weighted by molar-refractivity contribution is 0.517. The van der Waals surface area contributed by atoms with Crippen LogP contribution in [0, 0.1) is 5.82 Å². The summed E-state index contributed by atoms with van der Waals surface area (Å²) in [6.45, 7) is 2.76. The Balaban J connectivity index is 2.27. The van der Waals surface area contributed by atoms with Crippen molar-refractivity contribution in [3.63, 3.8) is 0 Å². The molecular weight excluding hydrogens is 265 g/mol. The lowest BCUT2D eigenvalue weighted by atomic mass is 10.0. The Kier molecular flexibility index (Phi) is 4.82. The Bertz CT molecular complexity index is 513. The van der Waals surface area contributed by atoms with Gasteiger partial charge in [-0.3, -0.25) is 0 Å². The van der Waals surface area contributed by atoms with E-state index in [1.165, 1.54) is 12.4 Å². The van der Waals surface area contributed by atoms with Crippen LogP contribution in [0.25, 0.3) is 0 Å². The van der Waals surface area contributed by atoms with Crippen molar-refractivity contribution in [3.8, 4) is 0 Å². The van der Waals surface area contributed by atoms with Crippen molar-refractivity contribution in [2.45, 2.75) is 19.4 Å². The second-order valence-electron chi connectivity index (χ2n) is 4.15. The normalized spacial score (nSPS) is 12.4. The monoisotopic (exact) mass is 279 g/mol. The Morgan fingerprint density at radius 1 is 1.37 bits per heavy atom. The van der Waals surface area contributed by atoms with Gasteiger partial charge in [-0.25, -0.2) is 14.4 Å². The van der Waals surface area contributed by atoms with E-state index < -0.39 is 0 Å². The second kappa shape index (κ2) is 6.59. The molecule has 2 aromatic rings. The number of hydrogen-bond donors (Lipinski definition) is 1. The van der Waals surface area contributed by atoms with Crippen molar-refractivity contribution in [2.75, 3.05) is 6.54 Å². The van der Waals surface area contributed by atoms with E-state index in [9.17, 15) is 4.39 Å². The molecule has 5 heteroatoms. The largest absolute Gasteiger partial charge is 0.309 e. The molecule has 0 aliphatic carbocycles. The zero-order valence-corrected chi connectivity index (χ0v) is 11.4. The predicted octanol–water partition coefficient (Wildman–Crippen LogP) is 3.16. The van der Waals surface area contributed by atoms with E-state index in [-0.39, 0.29) is 11.9 Å². The molecule has 0 saturated heterocycles. The fourth-order valence-electron chi connectivity index (χ4n) is 1.97. The minimum absolute atomic E-state index is 0.0811. The van der Waals surface area contributed by atoms with Gasteiger partial charge in [0.05, 0.1) is 11.7 Å². The molecule has 0 saturated carbocycles. The smallest absolute Gasteiger partial charge is 0.127 e. The van der Waals surface area contributed by atoms with Crippen LogP contribution >= 0.6 is 11.6 Å². The second-order valence-corrected chi connectivity index (χ2v) is 4.56. The summed E-state index contributed by atoms with van der Waals surface area (Å²) in [5.41, 5.74) is 1.34. The van der Waals surface area contributed by atoms with Crippen LogP contribution in [-0.2, 0) is 6.42 Å². The van der Waals surface area contributed by atoms with Gasteiger partial charge in [0.25, 0.3) is 0 Å². The van der Waals surface area contributed by atoms with Gasteiger partial charge in [0, 0.05) is 16.8 Å². The van der Waals surface area contributed by atoms with E-state index in [0.29, 0.717) is 17.0 Å². The molecule has 1 atom stereocenters. The van der Waals surface area contributed by atoms with Crippen LogP contribution in [0.3, 0.4) is 0 Å². The van der Waals surface area contributed by atoms with Gasteiger partial charge >= 0.3 is 0 Å². The Hall–Kier alpha value is -1.52. The maximum Gasteiger partial charge on any atom is 0.127 e. The summed E-state index contributed by atoms with van der Waals surface area (Å²) in [5.74, 6) is -0.288. The van der Waals surface area contributed by atoms with Gasteiger partial charge in [0.1, 0.15) is 12.1 Å². The summed E-state index contributed by atoms with van der Waals surface area (Å²) < 4.78 is 13.8. The van der Waals surface area contributed by atoms with Crippen LogP contribution < -0.4 is 5.32 Å². The van der Waals surface area contributed by atoms with E-state index in [1.807, 2.05) is 13.0 Å². The van der Waals surface area contributed by atoms with Crippen molar-refractivity contribution >= 4 is 11.6 Å². The van der Waals surface area contributed by atoms with Crippen LogP contribution in [0.4, 0.5) is 4.39 Å². The lowest BCUT2D eigenvalue weighted by Gasteiger charge is -2.18. The Morgan fingerprint density at radius 2 is 2.21 bits per heavy atom. The van der Waals surface area contributed by atoms with Gasteiger partial charge < -0.3 is 5.32 Å². The summed E-state index contributed by atoms with van der Waals surface area (Å²) in [7, 11) is 0. The van der Waals surface area contributed by atoms with E-state index >= 15 is 0 Å². The van der Waals surface area contributed by atoms with Gasteiger partial charge in [-0.15, -0.1) is 0 Å². The first-order chi connectivity index (χ1) is 9.22. The summed E-state index contributed by atoms with van der Waals surface area (Å²) in [5, 5.41) is 3.73. The average molecular weight is 280 g/mol. The summed E-state index contributed by atoms with van der Waals surface area (Å²) in [6.07, 6.45) is 3.62. The molecule has 0 fully saturated rings. The minimum Gasteiger partial charge on any atom is -0.309 e. The van der Waals surface area contributed by atoms with Gasteiger partial charge in [-0.05, 0) is 31.2 Å². The van der Waals surface area contributed by atoms with Crippen molar-refractivity contribution in [1.82, 2.24) is 15.3 Å². The molecule has 1 N–H and O–H groups in total. The first-order valence-electron chi connectivity index (χ1n) is 6.14. The molecular formula is C14H15ClFN3. The SMILES string of the molecule is CCNC(Cc1c(F)cccc1Cl)c1ccncn1. The number of nitrogens with one attached hydrogen (secondary N) is 1. The van der Waals surface area contributed by atoms with Gasteiger partial charge in [-0.1, -0.05) is 24.6 Å². The number of benzene rings is 1. The molecule has 0 aliphatic heterocycles. The third-order valence-electron chi connectivity index (χ3n) is 2.88. The van der Waals surface area contributed by atoms with E-state index in [2.05, 4.69) is 15.3 Å². The zero-order valence-electron chi connectivity index (χ0n) is 10.6. The van der Waals surface area contributed by atoms with Crippen LogP contribution in [0.5, 0.6) is 0 Å². The molecule has 100 valence electrons. The molecule has 1 unspecified atom stereocenters. The quantitative estimate of drug-likeness (QED) is 0.914. The van der Waals surface area contributed by atoms with Crippen LogP contribution in [0.2, 0.25) is 5.02 Å². The number of rotatable bonds is 5. The fourth-order valence-corrected chi connectivity index (χ4v) is 2.21. The fraction of sp³-hybridized carbons (Fsp3) is 0.286. The lowest BCUT2D eigenvalue weighted by Crippen LogP contribution is -2.24. The van der Waals surface area contributed by atoms with Crippen molar-refractivity contribution < 1.29 is 4.39 Å². The highest BCUT2D eigenvalue weighted by Crippen LogP contribution is 2.24. The standard InChI is InChI=1S/C14H15ClFN3/c1-2-18-14(13-6-7-17-9-19-13)8-10-11(15)4-3-5-12(10)16/h3-7,9,14,18H,2,8H2,1H3. The highest BCUT2D eigenvalue weighted by atomic mass is 35.5. The maximum absolute atomic E-state index is 13.8. The van der Waals surface area contributed by atoms with Crippen LogP contribution in [0.1, 0.15) is 24.2 Å². The number of nitrogens with zero attached hydrogens (tertiary/aromatic N) is 2. The molecule has 1 aromatic heterocycles. The van der Waals surface area contributed by atoms with Gasteiger partial charge in [0.15, 0.2) is 0 Å². The molecule has 0 spiro atoms. The van der Waals surface area contributed by atoms with Crippen LogP contribution in [0.15, 0.2) is 36.8 Å². The molecule has 0 amide bonds. The molecule has 3 nitrogen and oxygen atoms in total. The highest BCUT2D eigenvalue weighted by Gasteiger charge is 2.16. The van der Waals surface area contributed by atoms with E-state index in [4.69, 9.17) is 11.6 Å². The predicted molar refractivity (Wildman–Crippen MR) is 73.6 cm³/mol. The number of hydrogen-bond acceptors (Lipinski definition) is 3.